The van der Waals surface area contributed by atoms with Crippen molar-refractivity contribution in [3.63, 3.8) is 0 Å². The Labute approximate surface area is 112 Å². The highest BCUT2D eigenvalue weighted by Crippen LogP contribution is 2.10. The number of para-hydroxylation sites is 1. The molecule has 0 amide bonds. The van der Waals surface area contributed by atoms with Gasteiger partial charge in [-0.3, -0.25) is 4.79 Å². The van der Waals surface area contributed by atoms with Gasteiger partial charge in [0.25, 0.3) is 0 Å². The maximum Gasteiger partial charge on any atom is 0.347 e. The van der Waals surface area contributed by atoms with Gasteiger partial charge in [0.2, 0.25) is 6.10 Å². The molecule has 0 saturated heterocycles. The van der Waals surface area contributed by atoms with E-state index < -0.39 is 18.0 Å². The van der Waals surface area contributed by atoms with Crippen LogP contribution in [0.25, 0.3) is 0 Å². The smallest absolute Gasteiger partial charge is 0.347 e. The van der Waals surface area contributed by atoms with Gasteiger partial charge >= 0.3 is 11.9 Å². The highest BCUT2D eigenvalue weighted by Gasteiger charge is 2.22. The molecule has 0 aromatic heterocycles. The average molecular weight is 266 g/mol. The second-order valence-electron chi connectivity index (χ2n) is 3.80. The second-order valence-corrected chi connectivity index (χ2v) is 3.80. The summed E-state index contributed by atoms with van der Waals surface area (Å²) in [5, 5.41) is 0. The fraction of sp³-hybridized carbons (Fsp3) is 0.429. The van der Waals surface area contributed by atoms with E-state index in [0.717, 1.165) is 0 Å². The Morgan fingerprint density at radius 3 is 2.47 bits per heavy atom. The van der Waals surface area contributed by atoms with Gasteiger partial charge in [-0.25, -0.2) is 4.79 Å². The number of hydrogen-bond donors (Lipinski definition) is 0. The molecular weight excluding hydrogens is 248 g/mol. The molecular formula is C14H18O5. The van der Waals surface area contributed by atoms with E-state index in [-0.39, 0.29) is 19.6 Å². The van der Waals surface area contributed by atoms with Crippen LogP contribution in [0.2, 0.25) is 0 Å². The molecule has 0 spiro atoms. The summed E-state index contributed by atoms with van der Waals surface area (Å²) >= 11 is 0. The van der Waals surface area contributed by atoms with Gasteiger partial charge in [0, 0.05) is 13.3 Å². The van der Waals surface area contributed by atoms with Crippen LogP contribution in [0, 0.1) is 0 Å². The van der Waals surface area contributed by atoms with Crippen LogP contribution >= 0.6 is 0 Å². The third kappa shape index (κ3) is 5.90. The van der Waals surface area contributed by atoms with Crippen molar-refractivity contribution in [2.45, 2.75) is 26.4 Å². The van der Waals surface area contributed by atoms with Gasteiger partial charge in [-0.05, 0) is 19.1 Å². The number of ether oxygens (including phenoxy) is 3. The van der Waals surface area contributed by atoms with E-state index in [0.29, 0.717) is 5.75 Å². The maximum absolute atomic E-state index is 11.6. The molecule has 0 aliphatic rings. The van der Waals surface area contributed by atoms with Crippen molar-refractivity contribution < 1.29 is 23.8 Å². The van der Waals surface area contributed by atoms with Crippen LogP contribution in [-0.2, 0) is 19.1 Å². The summed E-state index contributed by atoms with van der Waals surface area (Å²) in [7, 11) is 0. The van der Waals surface area contributed by atoms with Crippen LogP contribution in [0.5, 0.6) is 5.75 Å². The van der Waals surface area contributed by atoms with Gasteiger partial charge in [-0.2, -0.15) is 0 Å². The molecule has 0 bridgehead atoms. The van der Waals surface area contributed by atoms with Crippen molar-refractivity contribution in [1.29, 1.82) is 0 Å². The van der Waals surface area contributed by atoms with Crippen LogP contribution in [-0.4, -0.2) is 31.3 Å². The first kappa shape index (κ1) is 15.0. The van der Waals surface area contributed by atoms with Crippen LogP contribution in [0.3, 0.4) is 0 Å². The minimum atomic E-state index is -0.916. The van der Waals surface area contributed by atoms with E-state index in [1.807, 2.05) is 30.3 Å². The minimum Gasteiger partial charge on any atom is -0.493 e. The van der Waals surface area contributed by atoms with Gasteiger partial charge in [0.1, 0.15) is 5.75 Å². The highest BCUT2D eigenvalue weighted by molar-refractivity contribution is 5.78. The Morgan fingerprint density at radius 2 is 1.89 bits per heavy atom. The summed E-state index contributed by atoms with van der Waals surface area (Å²) in [5.74, 6) is -0.361. The topological polar surface area (TPSA) is 61.8 Å². The normalized spacial score (nSPS) is 11.5. The highest BCUT2D eigenvalue weighted by atomic mass is 16.6. The zero-order chi connectivity index (χ0) is 14.1. The summed E-state index contributed by atoms with van der Waals surface area (Å²) < 4.78 is 15.2. The molecule has 1 aromatic carbocycles. The van der Waals surface area contributed by atoms with E-state index in [2.05, 4.69) is 0 Å². The van der Waals surface area contributed by atoms with Gasteiger partial charge in [-0.15, -0.1) is 0 Å². The van der Waals surface area contributed by atoms with Crippen LogP contribution in [0.1, 0.15) is 20.3 Å². The fourth-order valence-corrected chi connectivity index (χ4v) is 1.46. The summed E-state index contributed by atoms with van der Waals surface area (Å²) in [5.41, 5.74) is 0. The summed E-state index contributed by atoms with van der Waals surface area (Å²) in [6.45, 7) is 3.46. The van der Waals surface area contributed by atoms with Crippen LogP contribution < -0.4 is 4.74 Å². The SMILES string of the molecule is CCOC(=O)C(CCOc1ccccc1)OC(C)=O. The third-order valence-corrected chi connectivity index (χ3v) is 2.25. The molecule has 1 aromatic rings. The molecule has 1 unspecified atom stereocenters. The predicted octanol–water partition coefficient (Wildman–Crippen LogP) is 1.95. The molecule has 0 aliphatic carbocycles. The Kier molecular flexibility index (Phi) is 6.43. The Morgan fingerprint density at radius 1 is 1.21 bits per heavy atom. The zero-order valence-electron chi connectivity index (χ0n) is 11.1. The van der Waals surface area contributed by atoms with Crippen molar-refractivity contribution in [2.75, 3.05) is 13.2 Å². The summed E-state index contributed by atoms with van der Waals surface area (Å²) in [4.78, 5) is 22.5. The summed E-state index contributed by atoms with van der Waals surface area (Å²) in [6.07, 6.45) is -0.658. The first-order valence-corrected chi connectivity index (χ1v) is 6.15. The third-order valence-electron chi connectivity index (χ3n) is 2.25. The molecule has 1 rings (SSSR count). The maximum atomic E-state index is 11.6. The van der Waals surface area contributed by atoms with E-state index >= 15 is 0 Å². The molecule has 0 fully saturated rings. The standard InChI is InChI=1S/C14H18O5/c1-3-17-14(16)13(19-11(2)15)9-10-18-12-7-5-4-6-8-12/h4-8,13H,3,9-10H2,1-2H3. The van der Waals surface area contributed by atoms with Crippen molar-refractivity contribution >= 4 is 11.9 Å². The van der Waals surface area contributed by atoms with Gasteiger partial charge in [-0.1, -0.05) is 18.2 Å². The molecule has 0 N–H and O–H groups in total. The van der Waals surface area contributed by atoms with Crippen molar-refractivity contribution in [3.05, 3.63) is 30.3 Å². The number of benzene rings is 1. The monoisotopic (exact) mass is 266 g/mol. The minimum absolute atomic E-state index is 0.246. The van der Waals surface area contributed by atoms with Crippen molar-refractivity contribution in [1.82, 2.24) is 0 Å². The predicted molar refractivity (Wildman–Crippen MR) is 68.7 cm³/mol. The van der Waals surface area contributed by atoms with Gasteiger partial charge in [0.05, 0.1) is 13.2 Å². The van der Waals surface area contributed by atoms with E-state index in [1.165, 1.54) is 6.92 Å². The lowest BCUT2D eigenvalue weighted by atomic mass is 10.2. The van der Waals surface area contributed by atoms with E-state index in [9.17, 15) is 9.59 Å². The molecule has 0 aliphatic heterocycles. The molecule has 1 atom stereocenters. The number of carbonyl (C=O) groups excluding carboxylic acids is 2. The number of hydrogen-bond acceptors (Lipinski definition) is 5. The van der Waals surface area contributed by atoms with E-state index in [4.69, 9.17) is 14.2 Å². The zero-order valence-corrected chi connectivity index (χ0v) is 11.1. The molecule has 5 nitrogen and oxygen atoms in total. The van der Waals surface area contributed by atoms with E-state index in [1.54, 1.807) is 6.92 Å². The number of carbonyl (C=O) groups is 2. The quantitative estimate of drug-likeness (QED) is 0.706. The largest absolute Gasteiger partial charge is 0.493 e. The molecule has 5 heteroatoms. The molecule has 19 heavy (non-hydrogen) atoms. The summed E-state index contributed by atoms with van der Waals surface area (Å²) in [6, 6.07) is 9.21. The molecule has 0 heterocycles. The Bertz CT molecular complexity index is 402. The Balaban J connectivity index is 2.44. The Hall–Kier alpha value is -2.04. The average Bonchev–Trinajstić information content (AvgIpc) is 2.38. The molecule has 104 valence electrons. The lowest BCUT2D eigenvalue weighted by Gasteiger charge is -2.15. The van der Waals surface area contributed by atoms with Gasteiger partial charge < -0.3 is 14.2 Å². The lowest BCUT2D eigenvalue weighted by molar-refractivity contribution is -0.167. The van der Waals surface area contributed by atoms with Crippen LogP contribution in [0.4, 0.5) is 0 Å². The number of esters is 2. The van der Waals surface area contributed by atoms with Gasteiger partial charge in [0.15, 0.2) is 0 Å². The first-order valence-electron chi connectivity index (χ1n) is 6.15. The number of rotatable bonds is 7. The first-order chi connectivity index (χ1) is 9.13. The second kappa shape index (κ2) is 8.13. The lowest BCUT2D eigenvalue weighted by Crippen LogP contribution is -2.30. The van der Waals surface area contributed by atoms with Crippen molar-refractivity contribution in [3.8, 4) is 5.75 Å². The van der Waals surface area contributed by atoms with Crippen molar-refractivity contribution in [2.24, 2.45) is 0 Å². The molecule has 0 saturated carbocycles. The fourth-order valence-electron chi connectivity index (χ4n) is 1.46. The molecule has 0 radical (unpaired) electrons. The van der Waals surface area contributed by atoms with Crippen LogP contribution in [0.15, 0.2) is 30.3 Å².